The van der Waals surface area contributed by atoms with E-state index < -0.39 is 0 Å². The normalized spacial score (nSPS) is 11.3. The van der Waals surface area contributed by atoms with Crippen molar-refractivity contribution in [1.82, 2.24) is 9.80 Å². The lowest BCUT2D eigenvalue weighted by molar-refractivity contribution is 0.223. The first kappa shape index (κ1) is 19.4. The highest BCUT2D eigenvalue weighted by Crippen LogP contribution is 2.25. The third kappa shape index (κ3) is 6.20. The van der Waals surface area contributed by atoms with Gasteiger partial charge >= 0.3 is 0 Å². The van der Waals surface area contributed by atoms with E-state index in [9.17, 15) is 0 Å². The number of hydrogen-bond donors (Lipinski definition) is 0. The molecule has 0 fully saturated rings. The Morgan fingerprint density at radius 2 is 1.67 bits per heavy atom. The zero-order valence-electron chi connectivity index (χ0n) is 14.4. The summed E-state index contributed by atoms with van der Waals surface area (Å²) >= 11 is 7.13. The Balaban J connectivity index is 2.18. The molecular weight excluding hydrogens is 432 g/mol. The fourth-order valence-corrected chi connectivity index (χ4v) is 3.42. The third-order valence-corrected chi connectivity index (χ3v) is 4.78. The molecule has 0 amide bonds. The topological polar surface area (TPSA) is 15.7 Å². The fourth-order valence-electron chi connectivity index (χ4n) is 2.56. The minimum atomic E-state index is 0.850. The van der Waals surface area contributed by atoms with Gasteiger partial charge in [0.2, 0.25) is 0 Å². The van der Waals surface area contributed by atoms with Gasteiger partial charge in [0, 0.05) is 40.7 Å². The third-order valence-electron chi connectivity index (χ3n) is 3.80. The summed E-state index contributed by atoms with van der Waals surface area (Å²) in [4.78, 5) is 4.66. The van der Waals surface area contributed by atoms with Gasteiger partial charge in [-0.15, -0.1) is 0 Å². The number of rotatable bonds is 8. The summed E-state index contributed by atoms with van der Waals surface area (Å²) in [5, 5.41) is 0. The van der Waals surface area contributed by atoms with Gasteiger partial charge in [-0.05, 0) is 50.0 Å². The van der Waals surface area contributed by atoms with Gasteiger partial charge < -0.3 is 9.64 Å². The van der Waals surface area contributed by atoms with Crippen LogP contribution in [-0.4, -0.2) is 44.1 Å². The Labute approximate surface area is 161 Å². The van der Waals surface area contributed by atoms with Crippen LogP contribution in [0.25, 0.3) is 0 Å². The van der Waals surface area contributed by atoms with Gasteiger partial charge in [0.15, 0.2) is 0 Å². The molecule has 130 valence electrons. The summed E-state index contributed by atoms with van der Waals surface area (Å²) in [6.07, 6.45) is 0. The van der Waals surface area contributed by atoms with Crippen LogP contribution in [0, 0.1) is 0 Å². The van der Waals surface area contributed by atoms with E-state index in [2.05, 4.69) is 86.1 Å². The fraction of sp³-hybridized carbons (Fsp3) is 0.368. The SMILES string of the molecule is COc1ccc(Br)cc1CN(CCN(C)C)Cc1cccc(Br)c1. The Morgan fingerprint density at radius 3 is 2.33 bits per heavy atom. The van der Waals surface area contributed by atoms with Crippen LogP contribution in [0.4, 0.5) is 0 Å². The number of methoxy groups -OCH3 is 1. The van der Waals surface area contributed by atoms with Crippen molar-refractivity contribution in [3.63, 3.8) is 0 Å². The molecule has 2 aromatic rings. The lowest BCUT2D eigenvalue weighted by Crippen LogP contribution is -2.31. The smallest absolute Gasteiger partial charge is 0.123 e. The highest BCUT2D eigenvalue weighted by molar-refractivity contribution is 9.10. The van der Waals surface area contributed by atoms with Crippen molar-refractivity contribution in [2.45, 2.75) is 13.1 Å². The number of likely N-dealkylation sites (N-methyl/N-ethyl adjacent to an activating group) is 1. The minimum Gasteiger partial charge on any atom is -0.496 e. The quantitative estimate of drug-likeness (QED) is 0.569. The molecule has 2 rings (SSSR count). The lowest BCUT2D eigenvalue weighted by atomic mass is 10.1. The second-order valence-corrected chi connectivity index (χ2v) is 7.93. The maximum absolute atomic E-state index is 5.53. The van der Waals surface area contributed by atoms with Gasteiger partial charge in [0.25, 0.3) is 0 Å². The van der Waals surface area contributed by atoms with E-state index in [1.807, 2.05) is 12.1 Å². The van der Waals surface area contributed by atoms with Gasteiger partial charge in [0.1, 0.15) is 5.75 Å². The van der Waals surface area contributed by atoms with E-state index in [-0.39, 0.29) is 0 Å². The molecule has 24 heavy (non-hydrogen) atoms. The number of nitrogens with zero attached hydrogens (tertiary/aromatic N) is 2. The molecule has 0 atom stereocenters. The van der Waals surface area contributed by atoms with Crippen molar-refractivity contribution in [3.8, 4) is 5.75 Å². The van der Waals surface area contributed by atoms with Crippen molar-refractivity contribution >= 4 is 31.9 Å². The summed E-state index contributed by atoms with van der Waals surface area (Å²) in [7, 11) is 5.94. The van der Waals surface area contributed by atoms with Crippen molar-refractivity contribution < 1.29 is 4.74 Å². The molecule has 0 saturated heterocycles. The van der Waals surface area contributed by atoms with Gasteiger partial charge in [0.05, 0.1) is 7.11 Å². The summed E-state index contributed by atoms with van der Waals surface area (Å²) in [6.45, 7) is 3.77. The number of halogens is 2. The molecule has 0 aliphatic heterocycles. The molecule has 0 bridgehead atoms. The first-order valence-electron chi connectivity index (χ1n) is 7.92. The average Bonchev–Trinajstić information content (AvgIpc) is 2.53. The minimum absolute atomic E-state index is 0.850. The maximum atomic E-state index is 5.53. The van der Waals surface area contributed by atoms with Gasteiger partial charge in [-0.25, -0.2) is 0 Å². The zero-order chi connectivity index (χ0) is 17.5. The largest absolute Gasteiger partial charge is 0.496 e. The molecule has 0 radical (unpaired) electrons. The molecule has 0 N–H and O–H groups in total. The molecule has 0 unspecified atom stereocenters. The van der Waals surface area contributed by atoms with Crippen LogP contribution >= 0.6 is 31.9 Å². The first-order chi connectivity index (χ1) is 11.5. The van der Waals surface area contributed by atoms with Crippen LogP contribution in [0.2, 0.25) is 0 Å². The van der Waals surface area contributed by atoms with Crippen LogP contribution in [0.5, 0.6) is 5.75 Å². The monoisotopic (exact) mass is 454 g/mol. The van der Waals surface area contributed by atoms with Gasteiger partial charge in [-0.2, -0.15) is 0 Å². The Kier molecular flexibility index (Phi) is 7.75. The molecule has 2 aromatic carbocycles. The zero-order valence-corrected chi connectivity index (χ0v) is 17.6. The molecule has 0 spiro atoms. The first-order valence-corrected chi connectivity index (χ1v) is 9.50. The van der Waals surface area contributed by atoms with Crippen molar-refractivity contribution in [1.29, 1.82) is 0 Å². The summed E-state index contributed by atoms with van der Waals surface area (Å²) in [5.74, 6) is 0.933. The molecule has 5 heteroatoms. The van der Waals surface area contributed by atoms with E-state index in [4.69, 9.17) is 4.74 Å². The second-order valence-electron chi connectivity index (χ2n) is 6.10. The Hall–Kier alpha value is -0.880. The Bertz CT molecular complexity index is 662. The summed E-state index contributed by atoms with van der Waals surface area (Å²) in [6, 6.07) is 14.7. The summed E-state index contributed by atoms with van der Waals surface area (Å²) in [5.41, 5.74) is 2.50. The predicted octanol–water partition coefficient (Wildman–Crippen LogP) is 4.78. The van der Waals surface area contributed by atoms with E-state index in [0.717, 1.165) is 40.9 Å². The van der Waals surface area contributed by atoms with E-state index in [0.29, 0.717) is 0 Å². The van der Waals surface area contributed by atoms with Crippen molar-refractivity contribution in [2.24, 2.45) is 0 Å². The summed E-state index contributed by atoms with van der Waals surface area (Å²) < 4.78 is 7.73. The number of ether oxygens (including phenoxy) is 1. The Morgan fingerprint density at radius 1 is 0.917 bits per heavy atom. The molecular formula is C19H24Br2N2O. The average molecular weight is 456 g/mol. The molecule has 0 aliphatic carbocycles. The molecule has 0 aromatic heterocycles. The predicted molar refractivity (Wildman–Crippen MR) is 108 cm³/mol. The second kappa shape index (κ2) is 9.56. The highest BCUT2D eigenvalue weighted by Gasteiger charge is 2.12. The van der Waals surface area contributed by atoms with Crippen molar-refractivity contribution in [3.05, 3.63) is 62.5 Å². The molecule has 0 aliphatic rings. The van der Waals surface area contributed by atoms with Crippen molar-refractivity contribution in [2.75, 3.05) is 34.3 Å². The highest BCUT2D eigenvalue weighted by atomic mass is 79.9. The number of benzene rings is 2. The van der Waals surface area contributed by atoms with E-state index in [1.54, 1.807) is 7.11 Å². The van der Waals surface area contributed by atoms with Gasteiger partial charge in [-0.1, -0.05) is 44.0 Å². The van der Waals surface area contributed by atoms with E-state index in [1.165, 1.54) is 11.1 Å². The van der Waals surface area contributed by atoms with Crippen LogP contribution < -0.4 is 4.74 Å². The molecule has 0 heterocycles. The maximum Gasteiger partial charge on any atom is 0.123 e. The van der Waals surface area contributed by atoms with Gasteiger partial charge in [-0.3, -0.25) is 4.90 Å². The molecule has 3 nitrogen and oxygen atoms in total. The molecule has 0 saturated carbocycles. The lowest BCUT2D eigenvalue weighted by Gasteiger charge is -2.25. The van der Waals surface area contributed by atoms with Crippen LogP contribution in [0.3, 0.4) is 0 Å². The van der Waals surface area contributed by atoms with Crippen LogP contribution in [-0.2, 0) is 13.1 Å². The van der Waals surface area contributed by atoms with E-state index >= 15 is 0 Å². The number of hydrogen-bond acceptors (Lipinski definition) is 3. The standard InChI is InChI=1S/C19H24Br2N2O/c1-22(2)9-10-23(13-15-5-4-6-17(20)11-15)14-16-12-18(21)7-8-19(16)24-3/h4-8,11-12H,9-10,13-14H2,1-3H3. The van der Waals surface area contributed by atoms with Crippen LogP contribution in [0.1, 0.15) is 11.1 Å². The van der Waals surface area contributed by atoms with Crippen LogP contribution in [0.15, 0.2) is 51.4 Å².